The summed E-state index contributed by atoms with van der Waals surface area (Å²) in [5, 5.41) is 6.76. The Balaban J connectivity index is 2.98. The fourth-order valence-corrected chi connectivity index (χ4v) is 3.30. The van der Waals surface area contributed by atoms with Crippen LogP contribution in [0.1, 0.15) is 13.8 Å². The molecule has 0 aliphatic rings. The molecule has 4 N–H and O–H groups in total. The minimum Gasteiger partial charge on any atom is -0.399 e. The zero-order valence-electron chi connectivity index (χ0n) is 9.16. The standard InChI is InChI=1S/C10H18N3OP/c1-3-12-15(14,13-4-2)10-7-5-9(11)6-8-10/h5-8H,3-4,11H2,1-2H3,(H2,12,13,14). The summed E-state index contributed by atoms with van der Waals surface area (Å²) in [7, 11) is -2.65. The number of hydrogen-bond acceptors (Lipinski definition) is 2. The zero-order chi connectivity index (χ0) is 11.3. The largest absolute Gasteiger partial charge is 0.399 e. The van der Waals surface area contributed by atoms with Gasteiger partial charge in [-0.25, -0.2) is 0 Å². The molecule has 0 aliphatic carbocycles. The minimum atomic E-state index is -2.65. The van der Waals surface area contributed by atoms with Gasteiger partial charge >= 0.3 is 0 Å². The van der Waals surface area contributed by atoms with Crippen molar-refractivity contribution in [3.8, 4) is 0 Å². The van der Waals surface area contributed by atoms with E-state index in [0.29, 0.717) is 18.8 Å². The van der Waals surface area contributed by atoms with E-state index < -0.39 is 7.44 Å². The Morgan fingerprint density at radius 1 is 1.13 bits per heavy atom. The van der Waals surface area contributed by atoms with E-state index >= 15 is 0 Å². The first-order valence-corrected chi connectivity index (χ1v) is 6.79. The van der Waals surface area contributed by atoms with E-state index in [1.807, 2.05) is 13.8 Å². The number of anilines is 1. The smallest absolute Gasteiger partial charge is 0.240 e. The van der Waals surface area contributed by atoms with E-state index in [1.165, 1.54) is 0 Å². The summed E-state index contributed by atoms with van der Waals surface area (Å²) in [6.07, 6.45) is 0. The summed E-state index contributed by atoms with van der Waals surface area (Å²) in [4.78, 5) is 0. The molecule has 0 saturated heterocycles. The molecule has 1 aromatic carbocycles. The summed E-state index contributed by atoms with van der Waals surface area (Å²) < 4.78 is 12.5. The zero-order valence-corrected chi connectivity index (χ0v) is 10.1. The average molecular weight is 227 g/mol. The van der Waals surface area contributed by atoms with Crippen molar-refractivity contribution < 1.29 is 4.57 Å². The quantitative estimate of drug-likeness (QED) is 0.524. The van der Waals surface area contributed by atoms with Crippen molar-refractivity contribution >= 4 is 18.4 Å². The second-order valence-corrected chi connectivity index (χ2v) is 5.59. The molecule has 0 saturated carbocycles. The Morgan fingerprint density at radius 2 is 1.60 bits per heavy atom. The first kappa shape index (κ1) is 12.2. The van der Waals surface area contributed by atoms with Crippen LogP contribution in [0.3, 0.4) is 0 Å². The lowest BCUT2D eigenvalue weighted by atomic mass is 10.3. The summed E-state index contributed by atoms with van der Waals surface area (Å²) in [6, 6.07) is 7.11. The Hall–Kier alpha value is -0.830. The molecule has 0 aliphatic heterocycles. The number of benzene rings is 1. The maximum Gasteiger partial charge on any atom is 0.240 e. The van der Waals surface area contributed by atoms with E-state index in [4.69, 9.17) is 5.73 Å². The first-order valence-electron chi connectivity index (χ1n) is 5.08. The molecule has 0 fully saturated rings. The molecule has 0 unspecified atom stereocenters. The minimum absolute atomic E-state index is 0.661. The van der Waals surface area contributed by atoms with Crippen LogP contribution in [0.15, 0.2) is 24.3 Å². The highest BCUT2D eigenvalue weighted by Crippen LogP contribution is 2.34. The fourth-order valence-electron chi connectivity index (χ4n) is 1.37. The molecule has 0 spiro atoms. The Bertz CT molecular complexity index is 340. The van der Waals surface area contributed by atoms with Gasteiger partial charge in [-0.1, -0.05) is 13.8 Å². The lowest BCUT2D eigenvalue weighted by molar-refractivity contribution is 0.563. The summed E-state index contributed by atoms with van der Waals surface area (Å²) >= 11 is 0. The van der Waals surface area contributed by atoms with E-state index in [0.717, 1.165) is 5.30 Å². The molecular weight excluding hydrogens is 209 g/mol. The maximum atomic E-state index is 12.5. The Kier molecular flexibility index (Phi) is 4.33. The molecule has 0 heterocycles. The van der Waals surface area contributed by atoms with Crippen molar-refractivity contribution in [1.29, 1.82) is 0 Å². The van der Waals surface area contributed by atoms with Crippen LogP contribution in [-0.2, 0) is 4.57 Å². The van der Waals surface area contributed by atoms with Crippen LogP contribution in [0.5, 0.6) is 0 Å². The third kappa shape index (κ3) is 3.06. The van der Waals surface area contributed by atoms with Gasteiger partial charge in [0, 0.05) is 24.1 Å². The van der Waals surface area contributed by atoms with Crippen LogP contribution in [-0.4, -0.2) is 13.1 Å². The molecular formula is C10H18N3OP. The Labute approximate surface area is 90.7 Å². The molecule has 0 amide bonds. The van der Waals surface area contributed by atoms with Crippen molar-refractivity contribution in [3.05, 3.63) is 24.3 Å². The van der Waals surface area contributed by atoms with Gasteiger partial charge < -0.3 is 5.73 Å². The van der Waals surface area contributed by atoms with E-state index in [1.54, 1.807) is 24.3 Å². The van der Waals surface area contributed by atoms with Crippen molar-refractivity contribution in [3.63, 3.8) is 0 Å². The van der Waals surface area contributed by atoms with Gasteiger partial charge in [-0.2, -0.15) is 0 Å². The van der Waals surface area contributed by atoms with Crippen molar-refractivity contribution in [1.82, 2.24) is 10.2 Å². The number of rotatable bonds is 5. The molecule has 15 heavy (non-hydrogen) atoms. The topological polar surface area (TPSA) is 67.2 Å². The van der Waals surface area contributed by atoms with Crippen molar-refractivity contribution in [2.75, 3.05) is 18.8 Å². The van der Waals surface area contributed by atoms with Crippen molar-refractivity contribution in [2.24, 2.45) is 0 Å². The van der Waals surface area contributed by atoms with Gasteiger partial charge in [0.15, 0.2) is 0 Å². The molecule has 0 radical (unpaired) electrons. The third-order valence-corrected chi connectivity index (χ3v) is 4.57. The summed E-state index contributed by atoms with van der Waals surface area (Å²) in [5.74, 6) is 0. The number of hydrogen-bond donors (Lipinski definition) is 3. The second-order valence-electron chi connectivity index (χ2n) is 3.22. The van der Waals surface area contributed by atoms with Gasteiger partial charge in [0.2, 0.25) is 7.44 Å². The molecule has 0 atom stereocenters. The molecule has 5 heteroatoms. The van der Waals surface area contributed by atoms with E-state index in [2.05, 4.69) is 10.2 Å². The van der Waals surface area contributed by atoms with E-state index in [-0.39, 0.29) is 0 Å². The summed E-state index contributed by atoms with van der Waals surface area (Å²) in [5.41, 5.74) is 6.27. The normalized spacial score (nSPS) is 11.6. The van der Waals surface area contributed by atoms with Crippen LogP contribution < -0.4 is 21.2 Å². The van der Waals surface area contributed by atoms with E-state index in [9.17, 15) is 4.57 Å². The molecule has 0 aromatic heterocycles. The molecule has 1 aromatic rings. The van der Waals surface area contributed by atoms with Gasteiger partial charge in [0.25, 0.3) is 0 Å². The predicted octanol–water partition coefficient (Wildman–Crippen LogP) is 1.31. The summed E-state index contributed by atoms with van der Waals surface area (Å²) in [6.45, 7) is 5.19. The van der Waals surface area contributed by atoms with Gasteiger partial charge in [0.05, 0.1) is 0 Å². The first-order chi connectivity index (χ1) is 7.12. The lowest BCUT2D eigenvalue weighted by Gasteiger charge is -2.19. The van der Waals surface area contributed by atoms with Crippen LogP contribution in [0, 0.1) is 0 Å². The van der Waals surface area contributed by atoms with Gasteiger partial charge in [-0.05, 0) is 24.3 Å². The second kappa shape index (κ2) is 5.31. The van der Waals surface area contributed by atoms with Crippen LogP contribution in [0.4, 0.5) is 5.69 Å². The van der Waals surface area contributed by atoms with Crippen LogP contribution in [0.25, 0.3) is 0 Å². The van der Waals surface area contributed by atoms with Crippen molar-refractivity contribution in [2.45, 2.75) is 13.8 Å². The number of nitrogens with one attached hydrogen (secondary N) is 2. The SMILES string of the molecule is CCNP(=O)(NCC)c1ccc(N)cc1. The predicted molar refractivity (Wildman–Crippen MR) is 65.4 cm³/mol. The molecule has 0 bridgehead atoms. The third-order valence-electron chi connectivity index (χ3n) is 2.02. The molecule has 1 rings (SSSR count). The van der Waals surface area contributed by atoms with Gasteiger partial charge in [0.1, 0.15) is 0 Å². The Morgan fingerprint density at radius 3 is 2.00 bits per heavy atom. The lowest BCUT2D eigenvalue weighted by Crippen LogP contribution is -2.29. The highest BCUT2D eigenvalue weighted by Gasteiger charge is 2.21. The number of nitrogens with two attached hydrogens (primary N) is 1. The fraction of sp³-hybridized carbons (Fsp3) is 0.400. The van der Waals surface area contributed by atoms with Crippen LogP contribution in [0.2, 0.25) is 0 Å². The average Bonchev–Trinajstić information content (AvgIpc) is 2.19. The highest BCUT2D eigenvalue weighted by atomic mass is 31.2. The maximum absolute atomic E-state index is 12.5. The van der Waals surface area contributed by atoms with Gasteiger partial charge in [-0.15, -0.1) is 0 Å². The van der Waals surface area contributed by atoms with Crippen LogP contribution >= 0.6 is 7.44 Å². The highest BCUT2D eigenvalue weighted by molar-refractivity contribution is 7.67. The van der Waals surface area contributed by atoms with Gasteiger partial charge in [-0.3, -0.25) is 14.7 Å². The molecule has 4 nitrogen and oxygen atoms in total. The molecule has 84 valence electrons. The monoisotopic (exact) mass is 227 g/mol. The number of nitrogen functional groups attached to an aromatic ring is 1.